The van der Waals surface area contributed by atoms with Gasteiger partial charge in [-0.3, -0.25) is 9.59 Å². The Morgan fingerprint density at radius 1 is 0.930 bits per heavy atom. The summed E-state index contributed by atoms with van der Waals surface area (Å²) >= 11 is 0. The highest BCUT2D eigenvalue weighted by Gasteiger charge is 2.31. The molecule has 224 valence electrons. The zero-order valence-electron chi connectivity index (χ0n) is 24.0. The molecule has 11 heteroatoms. The molecular formula is C32H33F3N6O2. The number of piperidine rings is 1. The van der Waals surface area contributed by atoms with Crippen molar-refractivity contribution in [3.63, 3.8) is 0 Å². The third-order valence-electron chi connectivity index (χ3n) is 7.46. The predicted molar refractivity (Wildman–Crippen MR) is 162 cm³/mol. The fourth-order valence-electron chi connectivity index (χ4n) is 5.19. The summed E-state index contributed by atoms with van der Waals surface area (Å²) in [6.07, 6.45) is 0.943. The Labute approximate surface area is 247 Å². The summed E-state index contributed by atoms with van der Waals surface area (Å²) in [4.78, 5) is 36.4. The van der Waals surface area contributed by atoms with Gasteiger partial charge in [0.1, 0.15) is 0 Å². The Morgan fingerprint density at radius 3 is 2.47 bits per heavy atom. The van der Waals surface area contributed by atoms with Crippen molar-refractivity contribution < 1.29 is 22.8 Å². The van der Waals surface area contributed by atoms with E-state index in [0.29, 0.717) is 5.95 Å². The number of carbonyl (C=O) groups excluding carboxylic acids is 2. The van der Waals surface area contributed by atoms with Gasteiger partial charge in [0, 0.05) is 37.2 Å². The van der Waals surface area contributed by atoms with Gasteiger partial charge in [-0.05, 0) is 92.0 Å². The molecule has 0 spiro atoms. The van der Waals surface area contributed by atoms with Crippen molar-refractivity contribution >= 4 is 40.0 Å². The number of fused-ring (bicyclic) bond motifs is 1. The maximum atomic E-state index is 13.4. The molecule has 2 amide bonds. The Bertz CT molecular complexity index is 1650. The van der Waals surface area contributed by atoms with Crippen LogP contribution in [0, 0.1) is 6.92 Å². The van der Waals surface area contributed by atoms with Crippen LogP contribution in [0.3, 0.4) is 0 Å². The lowest BCUT2D eigenvalue weighted by atomic mass is 9.97. The largest absolute Gasteiger partial charge is 0.416 e. The van der Waals surface area contributed by atoms with Gasteiger partial charge in [-0.2, -0.15) is 13.2 Å². The molecule has 0 aliphatic carbocycles. The molecule has 1 saturated heterocycles. The minimum Gasteiger partial charge on any atom is -0.353 e. The summed E-state index contributed by atoms with van der Waals surface area (Å²) in [5.74, 6) is -0.523. The number of carbonyl (C=O) groups is 2. The molecule has 0 radical (unpaired) electrons. The molecule has 3 aromatic carbocycles. The van der Waals surface area contributed by atoms with Crippen LogP contribution in [0.25, 0.3) is 22.0 Å². The van der Waals surface area contributed by atoms with Crippen LogP contribution in [-0.2, 0) is 11.0 Å². The van der Waals surface area contributed by atoms with Crippen LogP contribution < -0.4 is 16.0 Å². The molecule has 2 heterocycles. The average Bonchev–Trinajstić information content (AvgIpc) is 2.97. The van der Waals surface area contributed by atoms with Crippen LogP contribution in [0.4, 0.5) is 30.5 Å². The van der Waals surface area contributed by atoms with E-state index in [-0.39, 0.29) is 16.9 Å². The van der Waals surface area contributed by atoms with Crippen LogP contribution in [0.5, 0.6) is 0 Å². The quantitative estimate of drug-likeness (QED) is 0.210. The van der Waals surface area contributed by atoms with Gasteiger partial charge in [-0.1, -0.05) is 18.6 Å². The zero-order chi connectivity index (χ0) is 30.6. The fraction of sp³-hybridized carbons (Fsp3) is 0.312. The maximum Gasteiger partial charge on any atom is 0.416 e. The van der Waals surface area contributed by atoms with Crippen molar-refractivity contribution in [2.45, 2.75) is 39.3 Å². The molecule has 1 aliphatic rings. The van der Waals surface area contributed by atoms with E-state index in [9.17, 15) is 22.8 Å². The second kappa shape index (κ2) is 12.8. The molecule has 0 atom stereocenters. The van der Waals surface area contributed by atoms with Crippen LogP contribution in [0.2, 0.25) is 0 Å². The number of amides is 2. The Hall–Kier alpha value is -4.51. The number of anilines is 3. The van der Waals surface area contributed by atoms with E-state index in [1.165, 1.54) is 26.2 Å². The smallest absolute Gasteiger partial charge is 0.353 e. The van der Waals surface area contributed by atoms with Crippen LogP contribution in [-0.4, -0.2) is 52.9 Å². The monoisotopic (exact) mass is 590 g/mol. The zero-order valence-corrected chi connectivity index (χ0v) is 24.0. The number of rotatable bonds is 8. The number of halogens is 3. The highest BCUT2D eigenvalue weighted by atomic mass is 19.4. The molecule has 1 aliphatic heterocycles. The van der Waals surface area contributed by atoms with Crippen molar-refractivity contribution in [2.75, 3.05) is 42.1 Å². The van der Waals surface area contributed by atoms with Gasteiger partial charge in [0.2, 0.25) is 11.9 Å². The van der Waals surface area contributed by atoms with E-state index in [1.54, 1.807) is 24.4 Å². The Kier molecular flexibility index (Phi) is 8.91. The van der Waals surface area contributed by atoms with E-state index < -0.39 is 23.6 Å². The number of hydrogen-bond donors (Lipinski definition) is 3. The lowest BCUT2D eigenvalue weighted by Gasteiger charge is -2.26. The molecule has 1 fully saturated rings. The maximum absolute atomic E-state index is 13.4. The Morgan fingerprint density at radius 2 is 1.72 bits per heavy atom. The first-order valence-corrected chi connectivity index (χ1v) is 14.2. The fourth-order valence-corrected chi connectivity index (χ4v) is 5.19. The van der Waals surface area contributed by atoms with E-state index in [4.69, 9.17) is 0 Å². The third kappa shape index (κ3) is 7.47. The minimum absolute atomic E-state index is 0.0658. The highest BCUT2D eigenvalue weighted by Crippen LogP contribution is 2.35. The molecule has 5 rings (SSSR count). The number of likely N-dealkylation sites (tertiary alicyclic amines) is 1. The number of aromatic nitrogens is 2. The standard InChI is InChI=1S/C32H33F3N6O2/c1-20-6-7-23(30(43)39-29-18-25(32(33,34)35)9-11-28(29)38-21(2)42)17-26(20)22-8-10-27-24(16-22)19-37-31(40-27)36-12-15-41-13-4-3-5-14-41/h6-11,16-19H,3-5,12-15H2,1-2H3,(H,38,42)(H,39,43)(H,36,37,40). The molecule has 0 unspecified atom stereocenters. The average molecular weight is 591 g/mol. The summed E-state index contributed by atoms with van der Waals surface area (Å²) in [6.45, 7) is 7.13. The first kappa shape index (κ1) is 30.0. The van der Waals surface area contributed by atoms with Gasteiger partial charge in [0.05, 0.1) is 22.5 Å². The van der Waals surface area contributed by atoms with E-state index in [2.05, 4.69) is 30.8 Å². The normalized spacial score (nSPS) is 14.0. The molecule has 0 bridgehead atoms. The Balaban J connectivity index is 1.34. The molecule has 1 aromatic heterocycles. The first-order valence-electron chi connectivity index (χ1n) is 14.2. The molecule has 8 nitrogen and oxygen atoms in total. The molecule has 4 aromatic rings. The lowest BCUT2D eigenvalue weighted by molar-refractivity contribution is -0.137. The number of nitrogens with one attached hydrogen (secondary N) is 3. The first-order chi connectivity index (χ1) is 20.6. The number of hydrogen-bond acceptors (Lipinski definition) is 6. The van der Waals surface area contributed by atoms with Crippen molar-refractivity contribution in [1.29, 1.82) is 0 Å². The van der Waals surface area contributed by atoms with Gasteiger partial charge < -0.3 is 20.9 Å². The molecular weight excluding hydrogens is 557 g/mol. The second-order valence-corrected chi connectivity index (χ2v) is 10.7. The number of benzene rings is 3. The van der Waals surface area contributed by atoms with Crippen molar-refractivity contribution in [1.82, 2.24) is 14.9 Å². The number of alkyl halides is 3. The van der Waals surface area contributed by atoms with E-state index >= 15 is 0 Å². The van der Waals surface area contributed by atoms with Crippen molar-refractivity contribution in [2.24, 2.45) is 0 Å². The molecule has 3 N–H and O–H groups in total. The highest BCUT2D eigenvalue weighted by molar-refractivity contribution is 6.08. The number of aryl methyl sites for hydroxylation is 1. The third-order valence-corrected chi connectivity index (χ3v) is 7.46. The van der Waals surface area contributed by atoms with Crippen LogP contribution in [0.15, 0.2) is 60.8 Å². The van der Waals surface area contributed by atoms with E-state index in [0.717, 1.165) is 72.0 Å². The van der Waals surface area contributed by atoms with Gasteiger partial charge >= 0.3 is 6.18 Å². The number of nitrogens with zero attached hydrogens (tertiary/aromatic N) is 3. The summed E-state index contributed by atoms with van der Waals surface area (Å²) in [5, 5.41) is 9.14. The van der Waals surface area contributed by atoms with Crippen molar-refractivity contribution in [3.8, 4) is 11.1 Å². The molecule has 0 saturated carbocycles. The van der Waals surface area contributed by atoms with Gasteiger partial charge in [-0.25, -0.2) is 9.97 Å². The van der Waals surface area contributed by atoms with Crippen LogP contribution in [0.1, 0.15) is 47.7 Å². The van der Waals surface area contributed by atoms with Gasteiger partial charge in [-0.15, -0.1) is 0 Å². The van der Waals surface area contributed by atoms with E-state index in [1.807, 2.05) is 25.1 Å². The minimum atomic E-state index is -4.62. The van der Waals surface area contributed by atoms with Crippen molar-refractivity contribution in [3.05, 3.63) is 77.5 Å². The lowest BCUT2D eigenvalue weighted by Crippen LogP contribution is -2.33. The van der Waals surface area contributed by atoms with Crippen LogP contribution >= 0.6 is 0 Å². The van der Waals surface area contributed by atoms with Gasteiger partial charge in [0.25, 0.3) is 5.91 Å². The second-order valence-electron chi connectivity index (χ2n) is 10.7. The molecule has 43 heavy (non-hydrogen) atoms. The summed E-state index contributed by atoms with van der Waals surface area (Å²) in [6, 6.07) is 13.6. The SMILES string of the molecule is CC(=O)Nc1ccc(C(F)(F)F)cc1NC(=O)c1ccc(C)c(-c2ccc3nc(NCCN4CCCCC4)ncc3c2)c1. The topological polar surface area (TPSA) is 99.2 Å². The summed E-state index contributed by atoms with van der Waals surface area (Å²) in [7, 11) is 0. The predicted octanol–water partition coefficient (Wildman–Crippen LogP) is 6.73. The summed E-state index contributed by atoms with van der Waals surface area (Å²) in [5.41, 5.74) is 2.52. The van der Waals surface area contributed by atoms with Gasteiger partial charge in [0.15, 0.2) is 0 Å². The summed E-state index contributed by atoms with van der Waals surface area (Å²) < 4.78 is 40.1.